The number of pyridine rings is 1. The van der Waals surface area contributed by atoms with E-state index in [1.54, 1.807) is 6.20 Å². The summed E-state index contributed by atoms with van der Waals surface area (Å²) in [6.07, 6.45) is 4.52. The minimum absolute atomic E-state index is 0.551. The van der Waals surface area contributed by atoms with Crippen molar-refractivity contribution in [1.82, 2.24) is 9.36 Å². The van der Waals surface area contributed by atoms with Gasteiger partial charge in [0.05, 0.1) is 5.56 Å². The van der Waals surface area contributed by atoms with Crippen molar-refractivity contribution >= 4 is 22.4 Å². The molecule has 0 aliphatic heterocycles. The molecule has 0 atom stereocenters. The molecule has 21 heavy (non-hydrogen) atoms. The van der Waals surface area contributed by atoms with Gasteiger partial charge in [-0.05, 0) is 29.6 Å². The molecule has 4 nitrogen and oxygen atoms in total. The summed E-state index contributed by atoms with van der Waals surface area (Å²) in [5.74, 6) is 0.551. The lowest BCUT2D eigenvalue weighted by atomic mass is 10.1. The molecule has 5 heteroatoms. The molecule has 0 amide bonds. The second-order valence-corrected chi connectivity index (χ2v) is 5.45. The van der Waals surface area contributed by atoms with Crippen molar-refractivity contribution < 1.29 is 0 Å². The first-order valence-corrected chi connectivity index (χ1v) is 7.55. The van der Waals surface area contributed by atoms with Crippen LogP contribution in [0.2, 0.25) is 0 Å². The fourth-order valence-corrected chi connectivity index (χ4v) is 2.94. The standard InChI is InChI=1S/C16H16N4S/c17-15-14(13-7-4-9-18-11-13)16(21-20-15)19-10-8-12-5-2-1-3-6-12/h1-7,9,11,19H,8,10H2,(H2,17,20). The molecule has 0 fully saturated rings. The molecule has 3 aromatic rings. The third-order valence-electron chi connectivity index (χ3n) is 3.21. The van der Waals surface area contributed by atoms with E-state index in [1.807, 2.05) is 24.4 Å². The van der Waals surface area contributed by atoms with Crippen LogP contribution in [0.1, 0.15) is 5.56 Å². The topological polar surface area (TPSA) is 63.8 Å². The van der Waals surface area contributed by atoms with Crippen molar-refractivity contribution in [3.8, 4) is 11.1 Å². The number of aromatic nitrogens is 2. The normalized spacial score (nSPS) is 10.5. The van der Waals surface area contributed by atoms with Crippen molar-refractivity contribution in [2.24, 2.45) is 0 Å². The van der Waals surface area contributed by atoms with Gasteiger partial charge in [0.25, 0.3) is 0 Å². The predicted octanol–water partition coefficient (Wildman–Crippen LogP) is 3.44. The van der Waals surface area contributed by atoms with Crippen molar-refractivity contribution in [3.05, 3.63) is 60.4 Å². The molecule has 3 N–H and O–H groups in total. The molecule has 0 radical (unpaired) electrons. The molecule has 0 saturated heterocycles. The minimum Gasteiger partial charge on any atom is -0.382 e. The second-order valence-electron chi connectivity index (χ2n) is 4.68. The van der Waals surface area contributed by atoms with Crippen molar-refractivity contribution in [3.63, 3.8) is 0 Å². The number of hydrogen-bond acceptors (Lipinski definition) is 5. The summed E-state index contributed by atoms with van der Waals surface area (Å²) < 4.78 is 4.25. The molecule has 0 bridgehead atoms. The molecule has 0 unspecified atom stereocenters. The Kier molecular flexibility index (Phi) is 4.12. The number of nitrogens with zero attached hydrogens (tertiary/aromatic N) is 2. The number of anilines is 2. The molecule has 0 spiro atoms. The molecule has 0 saturated carbocycles. The van der Waals surface area contributed by atoms with Crippen LogP contribution in [-0.2, 0) is 6.42 Å². The van der Waals surface area contributed by atoms with Gasteiger partial charge >= 0.3 is 0 Å². The quantitative estimate of drug-likeness (QED) is 0.757. The van der Waals surface area contributed by atoms with E-state index in [9.17, 15) is 0 Å². The maximum Gasteiger partial charge on any atom is 0.147 e. The maximum absolute atomic E-state index is 5.99. The summed E-state index contributed by atoms with van der Waals surface area (Å²) in [5.41, 5.74) is 9.24. The third kappa shape index (κ3) is 3.20. The number of nitrogens with two attached hydrogens (primary N) is 1. The van der Waals surface area contributed by atoms with Crippen LogP contribution in [0, 0.1) is 0 Å². The third-order valence-corrected chi connectivity index (χ3v) is 4.03. The lowest BCUT2D eigenvalue weighted by Crippen LogP contribution is -2.04. The molecule has 1 aromatic carbocycles. The largest absolute Gasteiger partial charge is 0.382 e. The first kappa shape index (κ1) is 13.6. The molecule has 2 aromatic heterocycles. The number of hydrogen-bond donors (Lipinski definition) is 2. The van der Waals surface area contributed by atoms with E-state index in [1.165, 1.54) is 17.1 Å². The van der Waals surface area contributed by atoms with Crippen LogP contribution >= 0.6 is 11.5 Å². The van der Waals surface area contributed by atoms with Gasteiger partial charge in [0.15, 0.2) is 0 Å². The Labute approximate surface area is 127 Å². The first-order chi connectivity index (χ1) is 10.3. The highest BCUT2D eigenvalue weighted by molar-refractivity contribution is 7.11. The summed E-state index contributed by atoms with van der Waals surface area (Å²) in [5, 5.41) is 4.43. The highest BCUT2D eigenvalue weighted by atomic mass is 32.1. The maximum atomic E-state index is 5.99. The fraction of sp³-hybridized carbons (Fsp3) is 0.125. The number of rotatable bonds is 5. The van der Waals surface area contributed by atoms with Crippen molar-refractivity contribution in [1.29, 1.82) is 0 Å². The van der Waals surface area contributed by atoms with Crippen LogP contribution in [0.3, 0.4) is 0 Å². The summed E-state index contributed by atoms with van der Waals surface area (Å²) >= 11 is 1.39. The Balaban J connectivity index is 1.72. The Bertz CT molecular complexity index is 695. The molecule has 0 aliphatic rings. The van der Waals surface area contributed by atoms with E-state index in [0.717, 1.165) is 29.1 Å². The van der Waals surface area contributed by atoms with E-state index in [2.05, 4.69) is 38.9 Å². The van der Waals surface area contributed by atoms with Crippen LogP contribution in [0.25, 0.3) is 11.1 Å². The number of nitrogens with one attached hydrogen (secondary N) is 1. The minimum atomic E-state index is 0.551. The van der Waals surface area contributed by atoms with Crippen LogP contribution in [0.4, 0.5) is 10.8 Å². The number of benzene rings is 1. The van der Waals surface area contributed by atoms with E-state index in [0.29, 0.717) is 5.82 Å². The van der Waals surface area contributed by atoms with Crippen LogP contribution in [-0.4, -0.2) is 15.9 Å². The van der Waals surface area contributed by atoms with E-state index in [-0.39, 0.29) is 0 Å². The Hall–Kier alpha value is -2.40. The Morgan fingerprint density at radius 1 is 1.10 bits per heavy atom. The Morgan fingerprint density at radius 2 is 1.95 bits per heavy atom. The van der Waals surface area contributed by atoms with Crippen LogP contribution in [0.5, 0.6) is 0 Å². The molecule has 0 aliphatic carbocycles. The van der Waals surface area contributed by atoms with E-state index >= 15 is 0 Å². The monoisotopic (exact) mass is 296 g/mol. The zero-order chi connectivity index (χ0) is 14.5. The van der Waals surface area contributed by atoms with Crippen LogP contribution < -0.4 is 11.1 Å². The van der Waals surface area contributed by atoms with E-state index in [4.69, 9.17) is 5.73 Å². The van der Waals surface area contributed by atoms with Gasteiger partial charge in [-0.3, -0.25) is 4.98 Å². The van der Waals surface area contributed by atoms with Gasteiger partial charge in [-0.2, -0.15) is 4.37 Å². The molecule has 2 heterocycles. The van der Waals surface area contributed by atoms with Gasteiger partial charge in [-0.15, -0.1) is 0 Å². The second kappa shape index (κ2) is 6.37. The molecular weight excluding hydrogens is 280 g/mol. The molecular formula is C16H16N4S. The first-order valence-electron chi connectivity index (χ1n) is 6.78. The van der Waals surface area contributed by atoms with Gasteiger partial charge in [-0.25, -0.2) is 0 Å². The summed E-state index contributed by atoms with van der Waals surface area (Å²) in [6.45, 7) is 0.846. The zero-order valence-corrected chi connectivity index (χ0v) is 12.3. The fourth-order valence-electron chi connectivity index (χ4n) is 2.18. The average Bonchev–Trinajstić information content (AvgIpc) is 2.90. The summed E-state index contributed by atoms with van der Waals surface area (Å²) in [4.78, 5) is 4.14. The summed E-state index contributed by atoms with van der Waals surface area (Å²) in [6, 6.07) is 14.3. The SMILES string of the molecule is Nc1nsc(NCCc2ccccc2)c1-c1cccnc1. The summed E-state index contributed by atoms with van der Waals surface area (Å²) in [7, 11) is 0. The number of nitrogen functional groups attached to an aromatic ring is 1. The van der Waals surface area contributed by atoms with Gasteiger partial charge < -0.3 is 11.1 Å². The lowest BCUT2D eigenvalue weighted by Gasteiger charge is -2.07. The van der Waals surface area contributed by atoms with Crippen molar-refractivity contribution in [2.45, 2.75) is 6.42 Å². The van der Waals surface area contributed by atoms with Gasteiger partial charge in [0, 0.05) is 24.5 Å². The van der Waals surface area contributed by atoms with Gasteiger partial charge in [0.1, 0.15) is 10.8 Å². The average molecular weight is 296 g/mol. The molecule has 3 rings (SSSR count). The van der Waals surface area contributed by atoms with E-state index < -0.39 is 0 Å². The Morgan fingerprint density at radius 3 is 2.71 bits per heavy atom. The highest BCUT2D eigenvalue weighted by Gasteiger charge is 2.13. The predicted molar refractivity (Wildman–Crippen MR) is 88.4 cm³/mol. The molecule has 106 valence electrons. The van der Waals surface area contributed by atoms with Crippen molar-refractivity contribution in [2.75, 3.05) is 17.6 Å². The zero-order valence-electron chi connectivity index (χ0n) is 11.5. The lowest BCUT2D eigenvalue weighted by molar-refractivity contribution is 1.03. The van der Waals surface area contributed by atoms with Crippen LogP contribution in [0.15, 0.2) is 54.9 Å². The highest BCUT2D eigenvalue weighted by Crippen LogP contribution is 2.36. The smallest absolute Gasteiger partial charge is 0.147 e. The van der Waals surface area contributed by atoms with Gasteiger partial charge in [0.2, 0.25) is 0 Å². The van der Waals surface area contributed by atoms with Gasteiger partial charge in [-0.1, -0.05) is 36.4 Å².